The van der Waals surface area contributed by atoms with Crippen molar-refractivity contribution in [2.24, 2.45) is 0 Å². The molecule has 10 nitrogen and oxygen atoms in total. The second-order valence-electron chi connectivity index (χ2n) is 5.65. The van der Waals surface area contributed by atoms with Crippen LogP contribution >= 0.6 is 0 Å². The Balaban J connectivity index is 1.63. The maximum Gasteiger partial charge on any atom is 0.319 e. The highest BCUT2D eigenvalue weighted by molar-refractivity contribution is 6.05. The van der Waals surface area contributed by atoms with Crippen molar-refractivity contribution in [1.29, 1.82) is 0 Å². The van der Waals surface area contributed by atoms with Gasteiger partial charge in [0.2, 0.25) is 5.69 Å². The average Bonchev–Trinajstić information content (AvgIpc) is 3.23. The fourth-order valence-electron chi connectivity index (χ4n) is 2.37. The topological polar surface area (TPSA) is 128 Å². The zero-order chi connectivity index (χ0) is 18.7. The van der Waals surface area contributed by atoms with Crippen molar-refractivity contribution >= 4 is 17.3 Å². The Hall–Kier alpha value is -3.69. The lowest BCUT2D eigenvalue weighted by atomic mass is 10.1. The molecule has 26 heavy (non-hydrogen) atoms. The Morgan fingerprint density at radius 1 is 1.38 bits per heavy atom. The monoisotopic (exact) mass is 356 g/mol. The van der Waals surface area contributed by atoms with Gasteiger partial charge in [-0.25, -0.2) is 4.68 Å². The van der Waals surface area contributed by atoms with Crippen LogP contribution in [0.4, 0.5) is 11.4 Å². The number of H-pyrrole nitrogens is 1. The van der Waals surface area contributed by atoms with Gasteiger partial charge in [-0.1, -0.05) is 17.7 Å². The molecule has 0 saturated carbocycles. The van der Waals surface area contributed by atoms with Crippen molar-refractivity contribution in [1.82, 2.24) is 20.0 Å². The number of amides is 1. The van der Waals surface area contributed by atoms with Crippen LogP contribution in [0.25, 0.3) is 0 Å². The summed E-state index contributed by atoms with van der Waals surface area (Å²) in [5.74, 6) is 0.0637. The van der Waals surface area contributed by atoms with Crippen LogP contribution in [0.5, 0.6) is 5.75 Å². The third kappa shape index (κ3) is 3.69. The Morgan fingerprint density at radius 3 is 2.92 bits per heavy atom. The summed E-state index contributed by atoms with van der Waals surface area (Å²) in [4.78, 5) is 22.3. The van der Waals surface area contributed by atoms with Crippen LogP contribution in [-0.4, -0.2) is 30.8 Å². The van der Waals surface area contributed by atoms with E-state index < -0.39 is 16.5 Å². The van der Waals surface area contributed by atoms with Gasteiger partial charge in [-0.2, -0.15) is 10.2 Å². The molecule has 0 fully saturated rings. The molecule has 134 valence electrons. The normalized spacial score (nSPS) is 10.5. The van der Waals surface area contributed by atoms with Gasteiger partial charge in [-0.05, 0) is 25.5 Å². The van der Waals surface area contributed by atoms with Crippen molar-refractivity contribution in [3.63, 3.8) is 0 Å². The van der Waals surface area contributed by atoms with Gasteiger partial charge >= 0.3 is 5.69 Å². The smallest absolute Gasteiger partial charge is 0.319 e. The number of nitro groups is 1. The first kappa shape index (κ1) is 17.1. The summed E-state index contributed by atoms with van der Waals surface area (Å²) in [7, 11) is 0. The number of nitrogens with zero attached hydrogens (tertiary/aromatic N) is 4. The van der Waals surface area contributed by atoms with Crippen LogP contribution < -0.4 is 10.1 Å². The van der Waals surface area contributed by atoms with E-state index in [4.69, 9.17) is 4.74 Å². The lowest BCUT2D eigenvalue weighted by Gasteiger charge is -2.09. The van der Waals surface area contributed by atoms with Crippen molar-refractivity contribution in [2.45, 2.75) is 20.6 Å². The average molecular weight is 356 g/mol. The van der Waals surface area contributed by atoms with E-state index in [-0.39, 0.29) is 12.4 Å². The fourth-order valence-corrected chi connectivity index (χ4v) is 2.37. The zero-order valence-electron chi connectivity index (χ0n) is 14.1. The molecule has 3 rings (SSSR count). The third-order valence-electron chi connectivity index (χ3n) is 3.62. The van der Waals surface area contributed by atoms with Crippen LogP contribution in [0.1, 0.15) is 21.6 Å². The van der Waals surface area contributed by atoms with Gasteiger partial charge < -0.3 is 10.1 Å². The number of hydrogen-bond acceptors (Lipinski definition) is 6. The highest BCUT2D eigenvalue weighted by Gasteiger charge is 2.23. The number of carbonyl (C=O) groups excluding carboxylic acids is 1. The predicted molar refractivity (Wildman–Crippen MR) is 92.0 cm³/mol. The van der Waals surface area contributed by atoms with Gasteiger partial charge in [0.05, 0.1) is 23.0 Å². The standard InChI is InChI=1S/C16H16N6O4/c1-10-3-4-14(11(2)5-10)26-9-21-8-12(6-18-21)19-16(23)15-13(22(24)25)7-17-20-15/h3-8H,9H2,1-2H3,(H,17,20)(H,19,23). The molecule has 10 heteroatoms. The second kappa shape index (κ2) is 7.05. The van der Waals surface area contributed by atoms with Gasteiger partial charge in [0, 0.05) is 0 Å². The third-order valence-corrected chi connectivity index (χ3v) is 3.62. The molecule has 2 heterocycles. The number of aromatic nitrogens is 4. The molecule has 0 aliphatic rings. The maximum absolute atomic E-state index is 12.1. The first-order valence-electron chi connectivity index (χ1n) is 7.65. The SMILES string of the molecule is Cc1ccc(OCn2cc(NC(=O)c3[nH]ncc3[N+](=O)[O-])cn2)c(C)c1. The highest BCUT2D eigenvalue weighted by Crippen LogP contribution is 2.20. The second-order valence-corrected chi connectivity index (χ2v) is 5.65. The predicted octanol–water partition coefficient (Wildman–Crippen LogP) is 2.42. The number of nitrogens with one attached hydrogen (secondary N) is 2. The fraction of sp³-hybridized carbons (Fsp3) is 0.188. The molecular weight excluding hydrogens is 340 g/mol. The van der Waals surface area contributed by atoms with Gasteiger partial charge in [-0.3, -0.25) is 20.0 Å². The van der Waals surface area contributed by atoms with E-state index in [0.717, 1.165) is 23.1 Å². The van der Waals surface area contributed by atoms with E-state index >= 15 is 0 Å². The van der Waals surface area contributed by atoms with E-state index in [1.807, 2.05) is 32.0 Å². The van der Waals surface area contributed by atoms with Gasteiger partial charge in [0.25, 0.3) is 5.91 Å². The molecular formula is C16H16N6O4. The van der Waals surface area contributed by atoms with Gasteiger partial charge in [-0.15, -0.1) is 0 Å². The minimum Gasteiger partial charge on any atom is -0.471 e. The molecule has 1 aromatic carbocycles. The molecule has 0 saturated heterocycles. The highest BCUT2D eigenvalue weighted by atomic mass is 16.6. The maximum atomic E-state index is 12.1. The van der Waals surface area contributed by atoms with Gasteiger partial charge in [0.1, 0.15) is 11.9 Å². The van der Waals surface area contributed by atoms with Gasteiger partial charge in [0.15, 0.2) is 6.73 Å². The van der Waals surface area contributed by atoms with Crippen molar-refractivity contribution in [3.8, 4) is 5.75 Å². The van der Waals surface area contributed by atoms with Crippen LogP contribution in [-0.2, 0) is 6.73 Å². The molecule has 3 aromatic rings. The zero-order valence-corrected chi connectivity index (χ0v) is 14.1. The van der Waals surface area contributed by atoms with Crippen LogP contribution in [0.3, 0.4) is 0 Å². The summed E-state index contributed by atoms with van der Waals surface area (Å²) < 4.78 is 7.20. The molecule has 2 aromatic heterocycles. The largest absolute Gasteiger partial charge is 0.471 e. The van der Waals surface area contributed by atoms with Crippen molar-refractivity contribution in [3.05, 3.63) is 63.7 Å². The Labute approximate surface area is 147 Å². The molecule has 0 unspecified atom stereocenters. The molecule has 0 atom stereocenters. The quantitative estimate of drug-likeness (QED) is 0.515. The minimum absolute atomic E-state index is 0.157. The van der Waals surface area contributed by atoms with E-state index in [1.54, 1.807) is 6.20 Å². The molecule has 0 aliphatic carbocycles. The Morgan fingerprint density at radius 2 is 2.19 bits per heavy atom. The summed E-state index contributed by atoms with van der Waals surface area (Å²) in [6, 6.07) is 5.85. The van der Waals surface area contributed by atoms with Crippen LogP contribution in [0, 0.1) is 24.0 Å². The number of hydrogen-bond donors (Lipinski definition) is 2. The molecule has 0 aliphatic heterocycles. The molecule has 1 amide bonds. The lowest BCUT2D eigenvalue weighted by Crippen LogP contribution is -2.14. The number of carbonyl (C=O) groups is 1. The summed E-state index contributed by atoms with van der Waals surface area (Å²) in [6.45, 7) is 4.11. The number of ether oxygens (including phenoxy) is 1. The number of rotatable bonds is 6. The summed E-state index contributed by atoms with van der Waals surface area (Å²) in [5, 5.41) is 23.3. The number of anilines is 1. The number of aromatic amines is 1. The van der Waals surface area contributed by atoms with E-state index in [0.29, 0.717) is 5.69 Å². The summed E-state index contributed by atoms with van der Waals surface area (Å²) in [6.07, 6.45) is 3.96. The molecule has 0 radical (unpaired) electrons. The first-order chi connectivity index (χ1) is 12.4. The summed E-state index contributed by atoms with van der Waals surface area (Å²) in [5.41, 5.74) is 1.91. The van der Waals surface area contributed by atoms with E-state index in [2.05, 4.69) is 20.6 Å². The Kier molecular flexibility index (Phi) is 4.65. The van der Waals surface area contributed by atoms with E-state index in [1.165, 1.54) is 10.9 Å². The number of aryl methyl sites for hydroxylation is 2. The van der Waals surface area contributed by atoms with Crippen LogP contribution in [0.15, 0.2) is 36.8 Å². The van der Waals surface area contributed by atoms with E-state index in [9.17, 15) is 14.9 Å². The number of benzene rings is 1. The molecule has 0 bridgehead atoms. The first-order valence-corrected chi connectivity index (χ1v) is 7.65. The molecule has 0 spiro atoms. The van der Waals surface area contributed by atoms with Crippen LogP contribution in [0.2, 0.25) is 0 Å². The summed E-state index contributed by atoms with van der Waals surface area (Å²) >= 11 is 0. The molecule has 2 N–H and O–H groups in total. The Bertz CT molecular complexity index is 961. The lowest BCUT2D eigenvalue weighted by molar-refractivity contribution is -0.385. The van der Waals surface area contributed by atoms with Crippen molar-refractivity contribution < 1.29 is 14.5 Å². The minimum atomic E-state index is -0.681. The van der Waals surface area contributed by atoms with Crippen molar-refractivity contribution in [2.75, 3.05) is 5.32 Å².